The Morgan fingerprint density at radius 1 is 1.12 bits per heavy atom. The maximum atomic E-state index is 12.9. The molecule has 1 aromatic carbocycles. The quantitative estimate of drug-likeness (QED) is 0.527. The third-order valence-corrected chi connectivity index (χ3v) is 4.39. The highest BCUT2D eigenvalue weighted by Crippen LogP contribution is 2.21. The summed E-state index contributed by atoms with van der Waals surface area (Å²) in [6.07, 6.45) is 5.46. The summed E-state index contributed by atoms with van der Waals surface area (Å²) in [6, 6.07) is 9.37. The molecule has 24 heavy (non-hydrogen) atoms. The molecule has 0 aliphatic heterocycles. The molecule has 0 atom stereocenters. The summed E-state index contributed by atoms with van der Waals surface area (Å²) in [4.78, 5) is 28.4. The van der Waals surface area contributed by atoms with Gasteiger partial charge in [-0.3, -0.25) is 14.2 Å². The first kappa shape index (κ1) is 14.7. The number of aryl methyl sites for hydroxylation is 1. The number of halogens is 1. The van der Waals surface area contributed by atoms with Gasteiger partial charge in [-0.1, -0.05) is 23.2 Å². The Hall–Kier alpha value is -2.92. The van der Waals surface area contributed by atoms with Crippen LogP contribution < -0.4 is 5.56 Å². The minimum Gasteiger partial charge on any atom is -0.310 e. The number of fused-ring (bicyclic) bond motifs is 3. The van der Waals surface area contributed by atoms with Crippen LogP contribution in [0.5, 0.6) is 0 Å². The number of aromatic nitrogens is 3. The number of nitrogens with zero attached hydrogens (tertiary/aromatic N) is 3. The highest BCUT2D eigenvalue weighted by molar-refractivity contribution is 6.33. The summed E-state index contributed by atoms with van der Waals surface area (Å²) < 4.78 is 3.18. The van der Waals surface area contributed by atoms with Gasteiger partial charge >= 0.3 is 0 Å². The molecule has 0 saturated heterocycles. The zero-order valence-corrected chi connectivity index (χ0v) is 13.5. The molecule has 0 bridgehead atoms. The van der Waals surface area contributed by atoms with E-state index in [1.807, 2.05) is 35.6 Å². The molecule has 5 nitrogen and oxygen atoms in total. The molecular weight excluding hydrogens is 326 g/mol. The smallest absolute Gasteiger partial charge is 0.280 e. The second-order valence-corrected chi connectivity index (χ2v) is 5.99. The Kier molecular flexibility index (Phi) is 3.25. The predicted octanol–water partition coefficient (Wildman–Crippen LogP) is 3.41. The molecule has 4 rings (SSSR count). The van der Waals surface area contributed by atoms with Crippen LogP contribution in [0.3, 0.4) is 0 Å². The number of hydrogen-bond acceptors (Lipinski definition) is 3. The Labute approximate surface area is 141 Å². The topological polar surface area (TPSA) is 56.4 Å². The second kappa shape index (κ2) is 5.32. The van der Waals surface area contributed by atoms with Gasteiger partial charge in [0.15, 0.2) is 12.1 Å². The van der Waals surface area contributed by atoms with E-state index in [1.165, 1.54) is 16.8 Å². The van der Waals surface area contributed by atoms with E-state index in [1.54, 1.807) is 12.4 Å². The lowest BCUT2D eigenvalue weighted by Gasteiger charge is -2.09. The first-order valence-corrected chi connectivity index (χ1v) is 7.71. The molecule has 4 aromatic rings. The van der Waals surface area contributed by atoms with Crippen LogP contribution in [-0.4, -0.2) is 20.2 Å². The fourth-order valence-electron chi connectivity index (χ4n) is 2.91. The summed E-state index contributed by atoms with van der Waals surface area (Å²) in [5.74, 6) is 0.228. The maximum absolute atomic E-state index is 12.9. The average molecular weight is 338 g/mol. The van der Waals surface area contributed by atoms with Gasteiger partial charge in [-0.2, -0.15) is 0 Å². The van der Waals surface area contributed by atoms with Crippen molar-refractivity contribution in [1.29, 1.82) is 0 Å². The molecule has 3 aromatic heterocycles. The summed E-state index contributed by atoms with van der Waals surface area (Å²) in [7, 11) is 0. The molecule has 3 heterocycles. The SMILES string of the molecule is Cc1ccc2c(c1)cc1c(=O)n(-c3nccc(Cl)c3C=O)ccn12. The molecule has 6 heteroatoms. The van der Waals surface area contributed by atoms with Gasteiger partial charge in [-0.15, -0.1) is 0 Å². The maximum Gasteiger partial charge on any atom is 0.280 e. The molecule has 0 aliphatic rings. The zero-order valence-electron chi connectivity index (χ0n) is 12.7. The standard InChI is InChI=1S/C18H12ClN3O2/c1-11-2-3-15-12(8-11)9-16-18(24)22(7-6-21(15)16)17-13(10-23)14(19)4-5-20-17/h2-10H,1H3. The van der Waals surface area contributed by atoms with Crippen LogP contribution in [0, 0.1) is 6.92 Å². The van der Waals surface area contributed by atoms with Crippen LogP contribution in [0.25, 0.3) is 22.2 Å². The van der Waals surface area contributed by atoms with Gasteiger partial charge in [-0.25, -0.2) is 4.98 Å². The van der Waals surface area contributed by atoms with Crippen molar-refractivity contribution in [3.8, 4) is 5.82 Å². The van der Waals surface area contributed by atoms with Crippen molar-refractivity contribution >= 4 is 34.3 Å². The lowest BCUT2D eigenvalue weighted by Crippen LogP contribution is -2.21. The molecule has 0 N–H and O–H groups in total. The Morgan fingerprint density at radius 2 is 1.96 bits per heavy atom. The molecule has 0 unspecified atom stereocenters. The number of aldehydes is 1. The lowest BCUT2D eigenvalue weighted by atomic mass is 10.2. The Balaban J connectivity index is 2.07. The van der Waals surface area contributed by atoms with Crippen molar-refractivity contribution < 1.29 is 4.79 Å². The van der Waals surface area contributed by atoms with Gasteiger partial charge in [0, 0.05) is 24.0 Å². The minimum absolute atomic E-state index is 0.192. The Morgan fingerprint density at radius 3 is 2.75 bits per heavy atom. The summed E-state index contributed by atoms with van der Waals surface area (Å²) in [5.41, 5.74) is 2.52. The van der Waals surface area contributed by atoms with Crippen LogP contribution in [0.15, 0.2) is 53.7 Å². The van der Waals surface area contributed by atoms with Crippen molar-refractivity contribution in [2.75, 3.05) is 0 Å². The number of carbonyl (C=O) groups is 1. The third-order valence-electron chi connectivity index (χ3n) is 4.06. The van der Waals surface area contributed by atoms with E-state index in [0.29, 0.717) is 11.8 Å². The van der Waals surface area contributed by atoms with Gasteiger partial charge in [0.25, 0.3) is 5.56 Å². The first-order chi connectivity index (χ1) is 11.6. The van der Waals surface area contributed by atoms with Crippen LogP contribution in [-0.2, 0) is 0 Å². The van der Waals surface area contributed by atoms with Gasteiger partial charge in [0.05, 0.1) is 16.1 Å². The van der Waals surface area contributed by atoms with E-state index in [0.717, 1.165) is 16.5 Å². The monoisotopic (exact) mass is 337 g/mol. The van der Waals surface area contributed by atoms with Gasteiger partial charge in [0.1, 0.15) is 5.52 Å². The van der Waals surface area contributed by atoms with E-state index in [2.05, 4.69) is 4.98 Å². The van der Waals surface area contributed by atoms with E-state index < -0.39 is 0 Å². The van der Waals surface area contributed by atoms with Crippen LogP contribution in [0.2, 0.25) is 5.02 Å². The second-order valence-electron chi connectivity index (χ2n) is 5.58. The van der Waals surface area contributed by atoms with Crippen molar-refractivity contribution in [3.05, 3.63) is 75.4 Å². The van der Waals surface area contributed by atoms with Gasteiger partial charge in [0.2, 0.25) is 0 Å². The molecule has 0 saturated carbocycles. The fourth-order valence-corrected chi connectivity index (χ4v) is 3.10. The van der Waals surface area contributed by atoms with Crippen LogP contribution >= 0.6 is 11.6 Å². The third kappa shape index (κ3) is 2.06. The largest absolute Gasteiger partial charge is 0.310 e. The predicted molar refractivity (Wildman–Crippen MR) is 93.4 cm³/mol. The summed E-state index contributed by atoms with van der Waals surface area (Å²) in [6.45, 7) is 2.01. The first-order valence-electron chi connectivity index (χ1n) is 7.33. The highest BCUT2D eigenvalue weighted by atomic mass is 35.5. The summed E-state index contributed by atoms with van der Waals surface area (Å²) >= 11 is 6.04. The van der Waals surface area contributed by atoms with Crippen molar-refractivity contribution in [2.45, 2.75) is 6.92 Å². The Bertz CT molecular complexity index is 1170. The van der Waals surface area contributed by atoms with E-state index in [-0.39, 0.29) is 22.0 Å². The van der Waals surface area contributed by atoms with Crippen molar-refractivity contribution in [1.82, 2.24) is 14.0 Å². The normalized spacial score (nSPS) is 11.2. The zero-order chi connectivity index (χ0) is 16.8. The number of hydrogen-bond donors (Lipinski definition) is 0. The average Bonchev–Trinajstić information content (AvgIpc) is 2.93. The molecule has 0 radical (unpaired) electrons. The number of carbonyl (C=O) groups excluding carboxylic acids is 1. The lowest BCUT2D eigenvalue weighted by molar-refractivity contribution is 0.112. The molecular formula is C18H12ClN3O2. The minimum atomic E-state index is -0.260. The van der Waals surface area contributed by atoms with Gasteiger partial charge in [-0.05, 0) is 31.2 Å². The molecule has 0 fully saturated rings. The summed E-state index contributed by atoms with van der Waals surface area (Å²) in [5, 5.41) is 1.25. The fraction of sp³-hybridized carbons (Fsp3) is 0.0556. The molecule has 0 aliphatic carbocycles. The van der Waals surface area contributed by atoms with Crippen molar-refractivity contribution in [3.63, 3.8) is 0 Å². The van der Waals surface area contributed by atoms with E-state index in [9.17, 15) is 9.59 Å². The molecule has 0 spiro atoms. The number of benzene rings is 1. The number of rotatable bonds is 2. The van der Waals surface area contributed by atoms with Crippen LogP contribution in [0.1, 0.15) is 15.9 Å². The van der Waals surface area contributed by atoms with Gasteiger partial charge < -0.3 is 4.40 Å². The molecule has 118 valence electrons. The molecule has 0 amide bonds. The van der Waals surface area contributed by atoms with Crippen molar-refractivity contribution in [2.24, 2.45) is 0 Å². The number of pyridine rings is 1. The highest BCUT2D eigenvalue weighted by Gasteiger charge is 2.14. The van der Waals surface area contributed by atoms with E-state index >= 15 is 0 Å². The van der Waals surface area contributed by atoms with Crippen LogP contribution in [0.4, 0.5) is 0 Å². The van der Waals surface area contributed by atoms with E-state index in [4.69, 9.17) is 11.6 Å².